The van der Waals surface area contributed by atoms with E-state index in [0.29, 0.717) is 11.5 Å². The molecule has 4 N–H and O–H groups in total. The van der Waals surface area contributed by atoms with Crippen LogP contribution in [0, 0.1) is 5.92 Å². The Kier molecular flexibility index (Phi) is 6.39. The maximum Gasteiger partial charge on any atom is 0.248 e. The number of aliphatic hydroxyl groups is 1. The molecule has 4 nitrogen and oxygen atoms in total. The minimum atomic E-state index is -0.395. The Labute approximate surface area is 108 Å². The maximum absolute atomic E-state index is 11.0. The zero-order valence-corrected chi connectivity index (χ0v) is 10.9. The van der Waals surface area contributed by atoms with Crippen LogP contribution < -0.4 is 11.1 Å². The fourth-order valence-corrected chi connectivity index (χ4v) is 1.73. The van der Waals surface area contributed by atoms with Crippen molar-refractivity contribution in [2.24, 2.45) is 11.7 Å². The van der Waals surface area contributed by atoms with Gasteiger partial charge in [0.1, 0.15) is 0 Å². The Bertz CT molecular complexity index is 380. The number of amides is 1. The summed E-state index contributed by atoms with van der Waals surface area (Å²) in [6.45, 7) is 3.93. The molecule has 4 heteroatoms. The van der Waals surface area contributed by atoms with Crippen molar-refractivity contribution >= 4 is 5.91 Å². The zero-order chi connectivity index (χ0) is 13.4. The summed E-state index contributed by atoms with van der Waals surface area (Å²) in [6.07, 6.45) is 2.06. The van der Waals surface area contributed by atoms with Gasteiger partial charge in [0.15, 0.2) is 0 Å². The van der Waals surface area contributed by atoms with Gasteiger partial charge in [-0.15, -0.1) is 0 Å². The molecule has 0 aliphatic heterocycles. The molecule has 0 aliphatic rings. The number of aliphatic hydroxyl groups excluding tert-OH is 1. The topological polar surface area (TPSA) is 75.3 Å². The minimum Gasteiger partial charge on any atom is -0.396 e. The van der Waals surface area contributed by atoms with Crippen LogP contribution in [0.5, 0.6) is 0 Å². The van der Waals surface area contributed by atoms with E-state index in [2.05, 4.69) is 5.32 Å². The Hall–Kier alpha value is -1.39. The van der Waals surface area contributed by atoms with Crippen LogP contribution in [0.4, 0.5) is 0 Å². The first-order valence-electron chi connectivity index (χ1n) is 6.33. The zero-order valence-electron chi connectivity index (χ0n) is 10.9. The molecular formula is C14H22N2O2. The summed E-state index contributed by atoms with van der Waals surface area (Å²) in [7, 11) is 0. The van der Waals surface area contributed by atoms with Crippen LogP contribution in [0.1, 0.15) is 35.7 Å². The normalized spacial score (nSPS) is 12.3. The van der Waals surface area contributed by atoms with Gasteiger partial charge in [0, 0.05) is 18.7 Å². The van der Waals surface area contributed by atoms with E-state index in [1.807, 2.05) is 25.1 Å². The van der Waals surface area contributed by atoms with Crippen molar-refractivity contribution in [2.45, 2.75) is 26.3 Å². The molecule has 100 valence electrons. The van der Waals surface area contributed by atoms with Crippen molar-refractivity contribution in [1.82, 2.24) is 5.32 Å². The van der Waals surface area contributed by atoms with Crippen molar-refractivity contribution in [3.8, 4) is 0 Å². The second-order valence-electron chi connectivity index (χ2n) is 4.67. The lowest BCUT2D eigenvalue weighted by Gasteiger charge is -2.08. The van der Waals surface area contributed by atoms with E-state index < -0.39 is 5.91 Å². The highest BCUT2D eigenvalue weighted by atomic mass is 16.3. The van der Waals surface area contributed by atoms with Gasteiger partial charge in [-0.2, -0.15) is 0 Å². The van der Waals surface area contributed by atoms with E-state index in [1.54, 1.807) is 6.07 Å². The molecule has 1 unspecified atom stereocenters. The standard InChI is InChI=1S/C14H22N2O2/c1-11(10-17)4-3-7-16-9-12-5-2-6-13(8-12)14(15)18/h2,5-6,8,11,16-17H,3-4,7,9-10H2,1H3,(H2,15,18). The number of nitrogens with one attached hydrogen (secondary N) is 1. The van der Waals surface area contributed by atoms with Gasteiger partial charge in [0.25, 0.3) is 0 Å². The van der Waals surface area contributed by atoms with E-state index >= 15 is 0 Å². The number of benzene rings is 1. The van der Waals surface area contributed by atoms with Gasteiger partial charge >= 0.3 is 0 Å². The molecular weight excluding hydrogens is 228 g/mol. The lowest BCUT2D eigenvalue weighted by atomic mass is 10.1. The van der Waals surface area contributed by atoms with Gasteiger partial charge in [-0.25, -0.2) is 0 Å². The number of hydrogen-bond acceptors (Lipinski definition) is 3. The first kappa shape index (κ1) is 14.7. The van der Waals surface area contributed by atoms with Crippen LogP contribution in [0.25, 0.3) is 0 Å². The van der Waals surface area contributed by atoms with Crippen molar-refractivity contribution in [3.05, 3.63) is 35.4 Å². The molecule has 1 rings (SSSR count). The number of primary amides is 1. The highest BCUT2D eigenvalue weighted by Gasteiger charge is 2.01. The lowest BCUT2D eigenvalue weighted by Crippen LogP contribution is -2.17. The summed E-state index contributed by atoms with van der Waals surface area (Å²) < 4.78 is 0. The van der Waals surface area contributed by atoms with E-state index in [9.17, 15) is 4.79 Å². The number of hydrogen-bond donors (Lipinski definition) is 3. The molecule has 0 radical (unpaired) electrons. The van der Waals surface area contributed by atoms with Crippen LogP contribution >= 0.6 is 0 Å². The largest absolute Gasteiger partial charge is 0.396 e. The molecule has 0 aliphatic carbocycles. The molecule has 0 bridgehead atoms. The molecule has 1 aromatic carbocycles. The first-order chi connectivity index (χ1) is 8.63. The van der Waals surface area contributed by atoms with Crippen LogP contribution in [-0.2, 0) is 6.54 Å². The fourth-order valence-electron chi connectivity index (χ4n) is 1.73. The van der Waals surface area contributed by atoms with Crippen LogP contribution in [0.3, 0.4) is 0 Å². The molecule has 0 fully saturated rings. The molecule has 0 saturated heterocycles. The number of nitrogens with two attached hydrogens (primary N) is 1. The van der Waals surface area contributed by atoms with Crippen molar-refractivity contribution < 1.29 is 9.90 Å². The molecule has 18 heavy (non-hydrogen) atoms. The third kappa shape index (κ3) is 5.29. The van der Waals surface area contributed by atoms with E-state index in [4.69, 9.17) is 10.8 Å². The SMILES string of the molecule is CC(CO)CCCNCc1cccc(C(N)=O)c1. The van der Waals surface area contributed by atoms with Crippen molar-refractivity contribution in [2.75, 3.05) is 13.2 Å². The fraction of sp³-hybridized carbons (Fsp3) is 0.500. The molecule has 1 aromatic rings. The Balaban J connectivity index is 2.27. The molecule has 1 atom stereocenters. The Morgan fingerprint density at radius 1 is 1.50 bits per heavy atom. The van der Waals surface area contributed by atoms with Gasteiger partial charge in [-0.05, 0) is 43.0 Å². The van der Waals surface area contributed by atoms with Crippen molar-refractivity contribution in [3.63, 3.8) is 0 Å². The molecule has 0 saturated carbocycles. The number of rotatable bonds is 8. The lowest BCUT2D eigenvalue weighted by molar-refractivity contribution is 0.1000. The van der Waals surface area contributed by atoms with Gasteiger partial charge in [0.2, 0.25) is 5.91 Å². The van der Waals surface area contributed by atoms with Gasteiger partial charge in [0.05, 0.1) is 0 Å². The Morgan fingerprint density at radius 2 is 2.28 bits per heavy atom. The highest BCUT2D eigenvalue weighted by molar-refractivity contribution is 5.92. The quantitative estimate of drug-likeness (QED) is 0.608. The summed E-state index contributed by atoms with van der Waals surface area (Å²) in [5, 5.41) is 12.2. The average molecular weight is 250 g/mol. The maximum atomic E-state index is 11.0. The van der Waals surface area contributed by atoms with Crippen molar-refractivity contribution in [1.29, 1.82) is 0 Å². The predicted molar refractivity (Wildman–Crippen MR) is 72.2 cm³/mol. The molecule has 1 amide bonds. The molecule has 0 heterocycles. The monoisotopic (exact) mass is 250 g/mol. The van der Waals surface area contributed by atoms with Gasteiger partial charge in [-0.3, -0.25) is 4.79 Å². The Morgan fingerprint density at radius 3 is 2.94 bits per heavy atom. The summed E-state index contributed by atoms with van der Waals surface area (Å²) in [5.41, 5.74) is 6.83. The summed E-state index contributed by atoms with van der Waals surface area (Å²) in [4.78, 5) is 11.0. The third-order valence-electron chi connectivity index (χ3n) is 2.90. The predicted octanol–water partition coefficient (Wildman–Crippen LogP) is 1.28. The second-order valence-corrected chi connectivity index (χ2v) is 4.67. The van der Waals surface area contributed by atoms with Crippen LogP contribution in [-0.4, -0.2) is 24.2 Å². The van der Waals surface area contributed by atoms with E-state index in [0.717, 1.165) is 31.5 Å². The van der Waals surface area contributed by atoms with E-state index in [1.165, 1.54) is 0 Å². The van der Waals surface area contributed by atoms with E-state index in [-0.39, 0.29) is 6.61 Å². The number of carbonyl (C=O) groups excluding carboxylic acids is 1. The average Bonchev–Trinajstić information content (AvgIpc) is 2.38. The molecule has 0 aromatic heterocycles. The van der Waals surface area contributed by atoms with Crippen LogP contribution in [0.15, 0.2) is 24.3 Å². The minimum absolute atomic E-state index is 0.251. The molecule has 0 spiro atoms. The van der Waals surface area contributed by atoms with Gasteiger partial charge in [-0.1, -0.05) is 19.1 Å². The highest BCUT2D eigenvalue weighted by Crippen LogP contribution is 2.05. The summed E-state index contributed by atoms with van der Waals surface area (Å²) in [5.74, 6) is -0.0291. The summed E-state index contributed by atoms with van der Waals surface area (Å²) >= 11 is 0. The smallest absolute Gasteiger partial charge is 0.248 e. The third-order valence-corrected chi connectivity index (χ3v) is 2.90. The first-order valence-corrected chi connectivity index (χ1v) is 6.33. The summed E-state index contributed by atoms with van der Waals surface area (Å²) in [6, 6.07) is 7.33. The van der Waals surface area contributed by atoms with Crippen LogP contribution in [0.2, 0.25) is 0 Å². The second kappa shape index (κ2) is 7.84. The number of carbonyl (C=O) groups is 1. The van der Waals surface area contributed by atoms with Gasteiger partial charge < -0.3 is 16.2 Å².